The molecule has 10 heteroatoms. The summed E-state index contributed by atoms with van der Waals surface area (Å²) in [5, 5.41) is 0.182. The third-order valence-electron chi connectivity index (χ3n) is 4.57. The highest BCUT2D eigenvalue weighted by Crippen LogP contribution is 2.38. The van der Waals surface area contributed by atoms with Gasteiger partial charge in [-0.05, 0) is 97.7 Å². The first-order valence-corrected chi connectivity index (χ1v) is 11.6. The lowest BCUT2D eigenvalue weighted by atomic mass is 10.2. The van der Waals surface area contributed by atoms with E-state index in [0.29, 0.717) is 37.2 Å². The highest BCUT2D eigenvalue weighted by atomic mass is 35.5. The van der Waals surface area contributed by atoms with Crippen LogP contribution in [0.4, 0.5) is 13.2 Å². The Bertz CT molecular complexity index is 1220. The summed E-state index contributed by atoms with van der Waals surface area (Å²) in [5.41, 5.74) is 1.12. The Balaban J connectivity index is 1.96. The minimum absolute atomic E-state index is 0.109. The summed E-state index contributed by atoms with van der Waals surface area (Å²) in [6, 6.07) is 6.84. The van der Waals surface area contributed by atoms with Gasteiger partial charge in [-0.3, -0.25) is 4.79 Å². The third kappa shape index (κ3) is 5.60. The first-order valence-electron chi connectivity index (χ1n) is 9.24. The number of benzene rings is 2. The fourth-order valence-electron chi connectivity index (χ4n) is 2.76. The molecule has 3 rings (SSSR count). The third-order valence-corrected chi connectivity index (χ3v) is 7.49. The molecule has 0 N–H and O–H groups in total. The van der Waals surface area contributed by atoms with Crippen molar-refractivity contribution in [3.8, 4) is 0 Å². The summed E-state index contributed by atoms with van der Waals surface area (Å²) in [5.74, 6) is 0. The van der Waals surface area contributed by atoms with Gasteiger partial charge >= 0.3 is 6.18 Å². The van der Waals surface area contributed by atoms with Crippen LogP contribution in [0.3, 0.4) is 0 Å². The Labute approximate surface area is 202 Å². The van der Waals surface area contributed by atoms with Crippen LogP contribution in [-0.4, -0.2) is 15.1 Å². The van der Waals surface area contributed by atoms with Crippen molar-refractivity contribution in [3.05, 3.63) is 74.0 Å². The van der Waals surface area contributed by atoms with E-state index in [4.69, 9.17) is 23.2 Å². The standard InChI is InChI=1S/C22H17Cl2F3N2OS2/c1-10-7-17(12(3)5-15(10)23)31-20(30)14-9-28-21(29-19(14)22(25,26)27)32-18-8-11(2)16(24)6-13(18)4/h5-9H,1-4H3. The minimum Gasteiger partial charge on any atom is -0.281 e. The van der Waals surface area contributed by atoms with Gasteiger partial charge in [0.25, 0.3) is 0 Å². The SMILES string of the molecule is Cc1cc(SC(=O)c2cnc(Sc3cc(C)c(Cl)cc3C)nc2C(F)(F)F)c(C)cc1Cl. The van der Waals surface area contributed by atoms with Crippen LogP contribution >= 0.6 is 46.7 Å². The van der Waals surface area contributed by atoms with Crippen molar-refractivity contribution in [2.45, 2.75) is 48.8 Å². The molecule has 0 amide bonds. The molecule has 168 valence electrons. The van der Waals surface area contributed by atoms with Gasteiger partial charge in [0.1, 0.15) is 0 Å². The van der Waals surface area contributed by atoms with Gasteiger partial charge in [-0.2, -0.15) is 13.2 Å². The van der Waals surface area contributed by atoms with Gasteiger partial charge < -0.3 is 0 Å². The van der Waals surface area contributed by atoms with E-state index in [1.54, 1.807) is 52.0 Å². The summed E-state index contributed by atoms with van der Waals surface area (Å²) >= 11 is 13.8. The molecule has 0 bridgehead atoms. The predicted molar refractivity (Wildman–Crippen MR) is 123 cm³/mol. The molecule has 0 spiro atoms. The second kappa shape index (κ2) is 9.63. The van der Waals surface area contributed by atoms with Crippen molar-refractivity contribution in [1.29, 1.82) is 0 Å². The van der Waals surface area contributed by atoms with Gasteiger partial charge in [-0.25, -0.2) is 9.97 Å². The van der Waals surface area contributed by atoms with E-state index < -0.39 is 22.5 Å². The highest BCUT2D eigenvalue weighted by Gasteiger charge is 2.38. The summed E-state index contributed by atoms with van der Waals surface area (Å²) in [7, 11) is 0. The summed E-state index contributed by atoms with van der Waals surface area (Å²) < 4.78 is 41.3. The topological polar surface area (TPSA) is 42.9 Å². The van der Waals surface area contributed by atoms with Crippen LogP contribution in [-0.2, 0) is 6.18 Å². The number of nitrogens with zero attached hydrogens (tertiary/aromatic N) is 2. The fourth-order valence-corrected chi connectivity index (χ4v) is 5.01. The van der Waals surface area contributed by atoms with Gasteiger partial charge in [0.15, 0.2) is 10.9 Å². The maximum atomic E-state index is 13.8. The van der Waals surface area contributed by atoms with E-state index in [9.17, 15) is 18.0 Å². The van der Waals surface area contributed by atoms with Crippen LogP contribution in [0.2, 0.25) is 10.0 Å². The molecule has 0 aliphatic rings. The quantitative estimate of drug-likeness (QED) is 0.258. The van der Waals surface area contributed by atoms with Crippen LogP contribution in [0.25, 0.3) is 0 Å². The summed E-state index contributed by atoms with van der Waals surface area (Å²) in [6.45, 7) is 7.09. The van der Waals surface area contributed by atoms with Crippen LogP contribution < -0.4 is 0 Å². The number of rotatable bonds is 4. The Morgan fingerprint density at radius 1 is 0.875 bits per heavy atom. The number of thioether (sulfide) groups is 1. The van der Waals surface area contributed by atoms with E-state index in [1.807, 2.05) is 0 Å². The molecule has 3 aromatic rings. The minimum atomic E-state index is -4.82. The number of halogens is 5. The molecule has 0 atom stereocenters. The average molecular weight is 517 g/mol. The molecule has 0 fully saturated rings. The predicted octanol–water partition coefficient (Wildman–Crippen LogP) is 8.12. The number of hydrogen-bond donors (Lipinski definition) is 0. The van der Waals surface area contributed by atoms with Gasteiger partial charge in [0.05, 0.1) is 5.56 Å². The molecule has 32 heavy (non-hydrogen) atoms. The van der Waals surface area contributed by atoms with Gasteiger partial charge in [0.2, 0.25) is 5.12 Å². The molecule has 0 aliphatic carbocycles. The van der Waals surface area contributed by atoms with Crippen LogP contribution in [0.5, 0.6) is 0 Å². The molecule has 0 unspecified atom stereocenters. The molecule has 0 saturated carbocycles. The molecule has 0 aliphatic heterocycles. The lowest BCUT2D eigenvalue weighted by Crippen LogP contribution is -2.16. The zero-order valence-electron chi connectivity index (χ0n) is 17.4. The monoisotopic (exact) mass is 516 g/mol. The number of aromatic nitrogens is 2. The van der Waals surface area contributed by atoms with Crippen molar-refractivity contribution in [2.24, 2.45) is 0 Å². The molecular weight excluding hydrogens is 500 g/mol. The van der Waals surface area contributed by atoms with Crippen molar-refractivity contribution >= 4 is 51.8 Å². The second-order valence-electron chi connectivity index (χ2n) is 7.14. The van der Waals surface area contributed by atoms with E-state index in [1.165, 1.54) is 0 Å². The summed E-state index contributed by atoms with van der Waals surface area (Å²) in [6.07, 6.45) is -3.89. The molecule has 2 aromatic carbocycles. The van der Waals surface area contributed by atoms with E-state index in [-0.39, 0.29) is 5.16 Å². The molecule has 0 radical (unpaired) electrons. The molecule has 1 heterocycles. The normalized spacial score (nSPS) is 11.7. The molecular formula is C22H17Cl2F3N2OS2. The van der Waals surface area contributed by atoms with E-state index in [2.05, 4.69) is 9.97 Å². The zero-order chi connectivity index (χ0) is 23.8. The molecule has 0 saturated heterocycles. The first-order chi connectivity index (χ1) is 14.9. The number of carbonyl (C=O) groups excluding carboxylic acids is 1. The van der Waals surface area contributed by atoms with E-state index >= 15 is 0 Å². The number of hydrogen-bond acceptors (Lipinski definition) is 5. The van der Waals surface area contributed by atoms with Crippen molar-refractivity contribution < 1.29 is 18.0 Å². The van der Waals surface area contributed by atoms with Crippen LogP contribution in [0.15, 0.2) is 45.4 Å². The molecule has 3 nitrogen and oxygen atoms in total. The average Bonchev–Trinajstić information content (AvgIpc) is 2.69. The zero-order valence-corrected chi connectivity index (χ0v) is 20.5. The smallest absolute Gasteiger partial charge is 0.281 e. The lowest BCUT2D eigenvalue weighted by Gasteiger charge is -2.13. The number of carbonyl (C=O) groups is 1. The molecule has 1 aromatic heterocycles. The maximum absolute atomic E-state index is 13.8. The Kier molecular flexibility index (Phi) is 7.49. The Morgan fingerprint density at radius 3 is 1.97 bits per heavy atom. The number of alkyl halides is 3. The van der Waals surface area contributed by atoms with Crippen molar-refractivity contribution in [1.82, 2.24) is 9.97 Å². The van der Waals surface area contributed by atoms with Crippen molar-refractivity contribution in [3.63, 3.8) is 0 Å². The largest absolute Gasteiger partial charge is 0.434 e. The highest BCUT2D eigenvalue weighted by molar-refractivity contribution is 8.14. The van der Waals surface area contributed by atoms with Gasteiger partial charge in [0, 0.05) is 26.0 Å². The Hall–Kier alpha value is -1.74. The van der Waals surface area contributed by atoms with Gasteiger partial charge in [-0.15, -0.1) is 0 Å². The summed E-state index contributed by atoms with van der Waals surface area (Å²) in [4.78, 5) is 21.7. The van der Waals surface area contributed by atoms with Gasteiger partial charge in [-0.1, -0.05) is 23.2 Å². The number of aryl methyl sites for hydroxylation is 4. The Morgan fingerprint density at radius 2 is 1.41 bits per heavy atom. The van der Waals surface area contributed by atoms with Crippen molar-refractivity contribution in [2.75, 3.05) is 0 Å². The maximum Gasteiger partial charge on any atom is 0.434 e. The first kappa shape index (κ1) is 24.9. The fraction of sp³-hybridized carbons (Fsp3) is 0.227. The lowest BCUT2D eigenvalue weighted by molar-refractivity contribution is -0.141. The second-order valence-corrected chi connectivity index (χ2v) is 9.98. The van der Waals surface area contributed by atoms with E-state index in [0.717, 1.165) is 34.6 Å². The van der Waals surface area contributed by atoms with Crippen LogP contribution in [0.1, 0.15) is 38.3 Å². The van der Waals surface area contributed by atoms with Crippen LogP contribution in [0, 0.1) is 27.7 Å².